The third kappa shape index (κ3) is 3.57. The smallest absolute Gasteiger partial charge is 0.433 e. The maximum absolute atomic E-state index is 12.7. The zero-order valence-electron chi connectivity index (χ0n) is 15.2. The van der Waals surface area contributed by atoms with E-state index < -0.39 is 24.1 Å². The van der Waals surface area contributed by atoms with Crippen molar-refractivity contribution in [2.75, 3.05) is 18.1 Å². The van der Waals surface area contributed by atoms with E-state index in [-0.39, 0.29) is 25.1 Å². The molecule has 1 aromatic heterocycles. The van der Waals surface area contributed by atoms with Gasteiger partial charge in [-0.1, -0.05) is 12.1 Å². The summed E-state index contributed by atoms with van der Waals surface area (Å²) in [7, 11) is 0. The molecule has 152 valence electrons. The summed E-state index contributed by atoms with van der Waals surface area (Å²) in [6, 6.07) is 6.82. The van der Waals surface area contributed by atoms with Crippen LogP contribution < -0.4 is 15.0 Å². The molecule has 0 bridgehead atoms. The Kier molecular flexibility index (Phi) is 4.56. The van der Waals surface area contributed by atoms with E-state index in [0.29, 0.717) is 22.6 Å². The topological polar surface area (TPSA) is 80.8 Å². The molecule has 0 aliphatic carbocycles. The van der Waals surface area contributed by atoms with Gasteiger partial charge < -0.3 is 14.8 Å². The molecule has 1 saturated heterocycles. The van der Waals surface area contributed by atoms with E-state index in [9.17, 15) is 22.8 Å². The number of rotatable bonds is 3. The van der Waals surface area contributed by atoms with Gasteiger partial charge in [0.25, 0.3) is 0 Å². The van der Waals surface area contributed by atoms with Gasteiger partial charge in [0.05, 0.1) is 12.2 Å². The highest BCUT2D eigenvalue weighted by Crippen LogP contribution is 2.41. The number of pyridine rings is 1. The van der Waals surface area contributed by atoms with Crippen LogP contribution in [0.25, 0.3) is 11.1 Å². The Labute approximate surface area is 163 Å². The van der Waals surface area contributed by atoms with Gasteiger partial charge in [0, 0.05) is 18.7 Å². The molecule has 0 radical (unpaired) electrons. The molecule has 0 spiro atoms. The van der Waals surface area contributed by atoms with Crippen molar-refractivity contribution in [1.29, 1.82) is 0 Å². The van der Waals surface area contributed by atoms with Crippen molar-refractivity contribution in [3.05, 3.63) is 42.2 Å². The summed E-state index contributed by atoms with van der Waals surface area (Å²) in [5.41, 5.74) is 0.619. The van der Waals surface area contributed by atoms with E-state index in [0.717, 1.165) is 12.3 Å². The van der Waals surface area contributed by atoms with E-state index in [4.69, 9.17) is 9.47 Å². The first-order valence-corrected chi connectivity index (χ1v) is 8.79. The Morgan fingerprint density at radius 2 is 2.03 bits per heavy atom. The number of carbonyl (C=O) groups excluding carboxylic acids is 2. The van der Waals surface area contributed by atoms with Crippen molar-refractivity contribution in [1.82, 2.24) is 10.3 Å². The van der Waals surface area contributed by atoms with E-state index in [1.165, 1.54) is 17.9 Å². The van der Waals surface area contributed by atoms with Gasteiger partial charge in [0.1, 0.15) is 30.2 Å². The number of cyclic esters (lactones) is 1. The molecular formula is C19H16F3N3O4. The highest BCUT2D eigenvalue weighted by molar-refractivity contribution is 5.94. The van der Waals surface area contributed by atoms with Crippen molar-refractivity contribution in [3.8, 4) is 16.9 Å². The summed E-state index contributed by atoms with van der Waals surface area (Å²) in [6.45, 7) is 1.72. The Bertz CT molecular complexity index is 962. The summed E-state index contributed by atoms with van der Waals surface area (Å²) in [4.78, 5) is 28.4. The lowest BCUT2D eigenvalue weighted by molar-refractivity contribution is -0.141. The second-order valence-electron chi connectivity index (χ2n) is 6.72. The van der Waals surface area contributed by atoms with Crippen molar-refractivity contribution in [2.24, 2.45) is 0 Å². The number of hydrogen-bond donors (Lipinski definition) is 1. The van der Waals surface area contributed by atoms with Crippen LogP contribution in [0.4, 0.5) is 23.7 Å². The van der Waals surface area contributed by atoms with Gasteiger partial charge in [-0.2, -0.15) is 13.2 Å². The van der Waals surface area contributed by atoms with Crippen molar-refractivity contribution in [3.63, 3.8) is 0 Å². The lowest BCUT2D eigenvalue weighted by Gasteiger charge is -2.31. The van der Waals surface area contributed by atoms with Gasteiger partial charge in [-0.15, -0.1) is 0 Å². The normalized spacial score (nSPS) is 20.4. The minimum Gasteiger partial charge on any atom is -0.489 e. The molecule has 1 aromatic carbocycles. The Balaban J connectivity index is 1.58. The molecule has 10 heteroatoms. The van der Waals surface area contributed by atoms with Gasteiger partial charge in [0.2, 0.25) is 5.91 Å². The lowest BCUT2D eigenvalue weighted by atomic mass is 10.0. The van der Waals surface area contributed by atoms with Crippen LogP contribution in [0.15, 0.2) is 36.5 Å². The van der Waals surface area contributed by atoms with Crippen LogP contribution in [0.5, 0.6) is 5.75 Å². The second kappa shape index (κ2) is 6.94. The molecule has 2 unspecified atom stereocenters. The number of ether oxygens (including phenoxy) is 2. The van der Waals surface area contributed by atoms with Crippen LogP contribution >= 0.6 is 0 Å². The zero-order chi connectivity index (χ0) is 20.8. The van der Waals surface area contributed by atoms with Crippen LogP contribution in [-0.4, -0.2) is 42.3 Å². The minimum absolute atomic E-state index is 0.164. The van der Waals surface area contributed by atoms with Gasteiger partial charge in [-0.05, 0) is 23.8 Å². The molecular weight excluding hydrogens is 391 g/mol. The number of alkyl halides is 3. The maximum atomic E-state index is 12.7. The number of anilines is 1. The number of nitrogens with one attached hydrogen (secondary N) is 1. The summed E-state index contributed by atoms with van der Waals surface area (Å²) in [6.07, 6.45) is -4.45. The van der Waals surface area contributed by atoms with Gasteiger partial charge in [-0.25, -0.2) is 4.79 Å². The van der Waals surface area contributed by atoms with E-state index in [1.54, 1.807) is 18.2 Å². The molecule has 29 heavy (non-hydrogen) atoms. The highest BCUT2D eigenvalue weighted by atomic mass is 19.4. The SMILES string of the molecule is CC(=O)NCC1OC(=O)N2c3ccc(-c4ccc(C(F)(F)F)nc4)cc3OCC12. The Morgan fingerprint density at radius 3 is 2.69 bits per heavy atom. The fraction of sp³-hybridized carbons (Fsp3) is 0.316. The first-order chi connectivity index (χ1) is 13.7. The summed E-state index contributed by atoms with van der Waals surface area (Å²) in [5.74, 6) is 0.183. The summed E-state index contributed by atoms with van der Waals surface area (Å²) >= 11 is 0. The van der Waals surface area contributed by atoms with Crippen molar-refractivity contribution >= 4 is 17.7 Å². The largest absolute Gasteiger partial charge is 0.489 e. The quantitative estimate of drug-likeness (QED) is 0.846. The van der Waals surface area contributed by atoms with Crippen molar-refractivity contribution < 1.29 is 32.2 Å². The molecule has 0 saturated carbocycles. The molecule has 2 aliphatic rings. The molecule has 2 amide bonds. The maximum Gasteiger partial charge on any atom is 0.433 e. The average molecular weight is 407 g/mol. The van der Waals surface area contributed by atoms with E-state index in [1.807, 2.05) is 0 Å². The first kappa shape index (κ1) is 19.0. The van der Waals surface area contributed by atoms with E-state index >= 15 is 0 Å². The molecule has 2 atom stereocenters. The van der Waals surface area contributed by atoms with Crippen LogP contribution in [0.3, 0.4) is 0 Å². The van der Waals surface area contributed by atoms with Gasteiger partial charge in [0.15, 0.2) is 0 Å². The van der Waals surface area contributed by atoms with Crippen LogP contribution in [0.1, 0.15) is 12.6 Å². The molecule has 7 nitrogen and oxygen atoms in total. The molecule has 1 fully saturated rings. The fourth-order valence-electron chi connectivity index (χ4n) is 3.36. The summed E-state index contributed by atoms with van der Waals surface area (Å²) < 4.78 is 49.2. The molecule has 2 aliphatic heterocycles. The number of fused-ring (bicyclic) bond motifs is 3. The molecule has 3 heterocycles. The molecule has 1 N–H and O–H groups in total. The number of hydrogen-bond acceptors (Lipinski definition) is 5. The van der Waals surface area contributed by atoms with Crippen LogP contribution in [0.2, 0.25) is 0 Å². The third-order valence-corrected chi connectivity index (χ3v) is 4.78. The first-order valence-electron chi connectivity index (χ1n) is 8.79. The predicted octanol–water partition coefficient (Wildman–Crippen LogP) is 2.99. The lowest BCUT2D eigenvalue weighted by Crippen LogP contribution is -2.47. The average Bonchev–Trinajstić information content (AvgIpc) is 3.01. The zero-order valence-corrected chi connectivity index (χ0v) is 15.2. The van der Waals surface area contributed by atoms with Crippen molar-refractivity contribution in [2.45, 2.75) is 25.2 Å². The monoisotopic (exact) mass is 407 g/mol. The predicted molar refractivity (Wildman–Crippen MR) is 95.4 cm³/mol. The number of benzene rings is 1. The third-order valence-electron chi connectivity index (χ3n) is 4.78. The second-order valence-corrected chi connectivity index (χ2v) is 6.72. The number of aromatic nitrogens is 1. The van der Waals surface area contributed by atoms with Gasteiger partial charge >= 0.3 is 12.3 Å². The number of carbonyl (C=O) groups is 2. The minimum atomic E-state index is -4.50. The summed E-state index contributed by atoms with van der Waals surface area (Å²) in [5, 5.41) is 2.63. The molecule has 2 aromatic rings. The highest BCUT2D eigenvalue weighted by Gasteiger charge is 2.46. The number of halogens is 3. The standard InChI is InChI=1S/C19H16F3N3O4/c1-10(26)23-8-16-14-9-28-15-6-11(2-4-13(15)25(14)18(27)29-16)12-3-5-17(24-7-12)19(20,21)22/h2-7,14,16H,8-9H2,1H3,(H,23,26). The van der Waals surface area contributed by atoms with E-state index in [2.05, 4.69) is 10.3 Å². The number of nitrogens with zero attached hydrogens (tertiary/aromatic N) is 2. The Morgan fingerprint density at radius 1 is 1.28 bits per heavy atom. The van der Waals surface area contributed by atoms with Crippen LogP contribution in [0, 0.1) is 0 Å². The van der Waals surface area contributed by atoms with Crippen LogP contribution in [-0.2, 0) is 15.7 Å². The van der Waals surface area contributed by atoms with Gasteiger partial charge in [-0.3, -0.25) is 14.7 Å². The Hall–Kier alpha value is -3.30. The number of amides is 2. The molecule has 4 rings (SSSR count). The fourth-order valence-corrected chi connectivity index (χ4v) is 3.36.